The van der Waals surface area contributed by atoms with Crippen LogP contribution in [0.3, 0.4) is 0 Å². The van der Waals surface area contributed by atoms with Crippen molar-refractivity contribution in [1.29, 1.82) is 0 Å². The molecular formula is C6H3F8I. The Kier molecular flexibility index (Phi) is 4.03. The van der Waals surface area contributed by atoms with E-state index in [2.05, 4.69) is 0 Å². The second kappa shape index (κ2) is 4.06. The molecular weight excluding hydrogens is 351 g/mol. The molecule has 0 aliphatic rings. The van der Waals surface area contributed by atoms with Gasteiger partial charge in [-0.2, -0.15) is 30.7 Å². The lowest BCUT2D eigenvalue weighted by atomic mass is 10.1. The summed E-state index contributed by atoms with van der Waals surface area (Å²) in [5, 5.41) is 0. The van der Waals surface area contributed by atoms with Gasteiger partial charge >= 0.3 is 17.8 Å². The first-order chi connectivity index (χ1) is 6.35. The number of halogens is 9. The Morgan fingerprint density at radius 2 is 1.27 bits per heavy atom. The van der Waals surface area contributed by atoms with Crippen molar-refractivity contribution < 1.29 is 35.1 Å². The van der Waals surface area contributed by atoms with Gasteiger partial charge in [-0.1, -0.05) is 0 Å². The van der Waals surface area contributed by atoms with Crippen LogP contribution in [0.4, 0.5) is 35.1 Å². The highest BCUT2D eigenvalue weighted by Gasteiger charge is 2.72. The van der Waals surface area contributed by atoms with Crippen LogP contribution in [0.15, 0.2) is 9.66 Å². The molecule has 0 atom stereocenters. The van der Waals surface area contributed by atoms with E-state index < -0.39 is 34.4 Å². The molecule has 0 saturated heterocycles. The van der Waals surface area contributed by atoms with Crippen molar-refractivity contribution in [2.45, 2.75) is 24.7 Å². The zero-order chi connectivity index (χ0) is 12.7. The van der Waals surface area contributed by atoms with Crippen molar-refractivity contribution in [2.24, 2.45) is 0 Å². The van der Waals surface area contributed by atoms with E-state index >= 15 is 0 Å². The SMILES string of the molecule is CC(F)(F)C(F)(F)C(F)(F)/C(F)=C(\F)I. The third-order valence-electron chi connectivity index (χ3n) is 1.39. The highest BCUT2D eigenvalue weighted by molar-refractivity contribution is 14.1. The lowest BCUT2D eigenvalue weighted by Gasteiger charge is -2.29. The van der Waals surface area contributed by atoms with Crippen LogP contribution in [0, 0.1) is 0 Å². The Hall–Kier alpha value is -0.0900. The van der Waals surface area contributed by atoms with Crippen LogP contribution in [-0.4, -0.2) is 17.8 Å². The maximum absolute atomic E-state index is 12.4. The Labute approximate surface area is 92.5 Å². The van der Waals surface area contributed by atoms with E-state index in [-0.39, 0.29) is 0 Å². The van der Waals surface area contributed by atoms with Crippen LogP contribution in [0.1, 0.15) is 6.92 Å². The first kappa shape index (κ1) is 14.9. The van der Waals surface area contributed by atoms with E-state index in [1.807, 2.05) is 0 Å². The van der Waals surface area contributed by atoms with Crippen molar-refractivity contribution in [3.8, 4) is 0 Å². The Balaban J connectivity index is 5.49. The van der Waals surface area contributed by atoms with Crippen molar-refractivity contribution in [1.82, 2.24) is 0 Å². The van der Waals surface area contributed by atoms with Crippen molar-refractivity contribution in [3.05, 3.63) is 9.66 Å². The standard InChI is InChI=1S/C6H3F8I/c1-4(9,10)6(13,14)5(11,12)2(7)3(8)15/h1H3/b3-2-. The molecule has 0 aromatic heterocycles. The predicted molar refractivity (Wildman–Crippen MR) is 43.8 cm³/mol. The Morgan fingerprint density at radius 1 is 0.933 bits per heavy atom. The number of alkyl halides is 6. The summed E-state index contributed by atoms with van der Waals surface area (Å²) in [5.41, 5.74) is 0. The number of hydrogen-bond acceptors (Lipinski definition) is 0. The fraction of sp³-hybridized carbons (Fsp3) is 0.667. The van der Waals surface area contributed by atoms with Gasteiger partial charge in [-0.05, 0) is 22.6 Å². The minimum Gasteiger partial charge on any atom is -0.201 e. The molecule has 0 radical (unpaired) electrons. The average Bonchev–Trinajstić information content (AvgIpc) is 2.00. The van der Waals surface area contributed by atoms with Gasteiger partial charge in [-0.25, -0.2) is 4.39 Å². The van der Waals surface area contributed by atoms with Gasteiger partial charge in [-0.15, -0.1) is 0 Å². The molecule has 0 aromatic carbocycles. The van der Waals surface area contributed by atoms with E-state index in [4.69, 9.17) is 0 Å². The highest BCUT2D eigenvalue weighted by Crippen LogP contribution is 2.50. The molecule has 0 amide bonds. The van der Waals surface area contributed by atoms with Gasteiger partial charge in [0, 0.05) is 6.92 Å². The van der Waals surface area contributed by atoms with E-state index in [1.54, 1.807) is 0 Å². The summed E-state index contributed by atoms with van der Waals surface area (Å²) in [4.78, 5) is 0. The zero-order valence-electron chi connectivity index (χ0n) is 6.90. The molecule has 90 valence electrons. The lowest BCUT2D eigenvalue weighted by Crippen LogP contribution is -2.53. The molecule has 0 bridgehead atoms. The summed E-state index contributed by atoms with van der Waals surface area (Å²) in [7, 11) is 0. The fourth-order valence-corrected chi connectivity index (χ4v) is 0.871. The molecule has 0 aliphatic heterocycles. The average molecular weight is 354 g/mol. The first-order valence-corrected chi connectivity index (χ1v) is 4.28. The van der Waals surface area contributed by atoms with E-state index in [1.165, 1.54) is 0 Å². The van der Waals surface area contributed by atoms with Gasteiger partial charge < -0.3 is 0 Å². The summed E-state index contributed by atoms with van der Waals surface area (Å²) in [5.74, 6) is -20.3. The summed E-state index contributed by atoms with van der Waals surface area (Å²) in [6.45, 7) is -0.515. The van der Waals surface area contributed by atoms with Crippen molar-refractivity contribution >= 4 is 22.6 Å². The van der Waals surface area contributed by atoms with Gasteiger partial charge in [0.15, 0.2) is 3.83 Å². The predicted octanol–water partition coefficient (Wildman–Crippen LogP) is 4.46. The molecule has 0 N–H and O–H groups in total. The quantitative estimate of drug-likeness (QED) is 0.519. The minimum absolute atomic E-state index is 0.342. The summed E-state index contributed by atoms with van der Waals surface area (Å²) in [6, 6.07) is 0. The van der Waals surface area contributed by atoms with Crippen LogP contribution >= 0.6 is 22.6 Å². The molecule has 0 saturated carbocycles. The number of rotatable bonds is 3. The Morgan fingerprint density at radius 3 is 1.47 bits per heavy atom. The van der Waals surface area contributed by atoms with Crippen LogP contribution < -0.4 is 0 Å². The van der Waals surface area contributed by atoms with Gasteiger partial charge in [-0.3, -0.25) is 0 Å². The van der Waals surface area contributed by atoms with Crippen LogP contribution in [0.25, 0.3) is 0 Å². The third-order valence-corrected chi connectivity index (χ3v) is 1.86. The van der Waals surface area contributed by atoms with Crippen LogP contribution in [0.2, 0.25) is 0 Å². The molecule has 0 heterocycles. The van der Waals surface area contributed by atoms with E-state index in [0.717, 1.165) is 0 Å². The summed E-state index contributed by atoms with van der Waals surface area (Å²) in [6.07, 6.45) is 0. The normalized spacial score (nSPS) is 16.4. The first-order valence-electron chi connectivity index (χ1n) is 3.20. The van der Waals surface area contributed by atoms with Gasteiger partial charge in [0.1, 0.15) is 0 Å². The molecule has 0 aliphatic carbocycles. The molecule has 0 spiro atoms. The molecule has 0 aromatic rings. The topological polar surface area (TPSA) is 0 Å². The van der Waals surface area contributed by atoms with Crippen molar-refractivity contribution in [3.63, 3.8) is 0 Å². The molecule has 0 unspecified atom stereocenters. The van der Waals surface area contributed by atoms with Gasteiger partial charge in [0.25, 0.3) is 0 Å². The molecule has 9 heteroatoms. The summed E-state index contributed by atoms with van der Waals surface area (Å²) < 4.78 is 95.7. The maximum atomic E-state index is 12.4. The fourth-order valence-electron chi connectivity index (χ4n) is 0.532. The molecule has 0 nitrogen and oxygen atoms in total. The van der Waals surface area contributed by atoms with Gasteiger partial charge in [0.2, 0.25) is 5.83 Å². The molecule has 15 heavy (non-hydrogen) atoms. The smallest absolute Gasteiger partial charge is 0.201 e. The van der Waals surface area contributed by atoms with E-state index in [9.17, 15) is 35.1 Å². The Bertz CT molecular complexity index is 271. The highest BCUT2D eigenvalue weighted by atomic mass is 127. The molecule has 0 rings (SSSR count). The molecule has 0 fully saturated rings. The third kappa shape index (κ3) is 2.53. The van der Waals surface area contributed by atoms with Crippen LogP contribution in [0.5, 0.6) is 0 Å². The number of hydrogen-bond donors (Lipinski definition) is 0. The second-order valence-electron chi connectivity index (χ2n) is 2.61. The largest absolute Gasteiger partial charge is 0.378 e. The zero-order valence-corrected chi connectivity index (χ0v) is 9.06. The summed E-state index contributed by atoms with van der Waals surface area (Å²) >= 11 is 0.342. The maximum Gasteiger partial charge on any atom is 0.378 e. The second-order valence-corrected chi connectivity index (χ2v) is 3.56. The minimum atomic E-state index is -6.01. The van der Waals surface area contributed by atoms with Gasteiger partial charge in [0.05, 0.1) is 0 Å². The monoisotopic (exact) mass is 354 g/mol. The van der Waals surface area contributed by atoms with Crippen molar-refractivity contribution in [2.75, 3.05) is 0 Å². The van der Waals surface area contributed by atoms with E-state index in [0.29, 0.717) is 22.6 Å². The number of allylic oxidation sites excluding steroid dienone is 1. The van der Waals surface area contributed by atoms with Crippen LogP contribution in [-0.2, 0) is 0 Å². The lowest BCUT2D eigenvalue weighted by molar-refractivity contribution is -0.293.